The maximum atomic E-state index is 12.7. The van der Waals surface area contributed by atoms with Gasteiger partial charge in [-0.05, 0) is 37.0 Å². The van der Waals surface area contributed by atoms with E-state index in [9.17, 15) is 4.79 Å². The van der Waals surface area contributed by atoms with E-state index in [1.54, 1.807) is 13.1 Å². The van der Waals surface area contributed by atoms with Gasteiger partial charge in [-0.3, -0.25) is 9.48 Å². The molecular formula is C19H21N5O2. The summed E-state index contributed by atoms with van der Waals surface area (Å²) in [5.41, 5.74) is 1.54. The van der Waals surface area contributed by atoms with Crippen LogP contribution in [0.4, 0.5) is 0 Å². The average Bonchev–Trinajstić information content (AvgIpc) is 3.34. The normalized spacial score (nSPS) is 15.3. The van der Waals surface area contributed by atoms with E-state index in [4.69, 9.17) is 4.52 Å². The summed E-state index contributed by atoms with van der Waals surface area (Å²) in [6, 6.07) is 9.33. The minimum absolute atomic E-state index is 0.0818. The fourth-order valence-electron chi connectivity index (χ4n) is 3.35. The number of hydrogen-bond acceptors (Lipinski definition) is 5. The molecule has 3 aromatic rings. The molecule has 1 saturated heterocycles. The number of benzene rings is 1. The Morgan fingerprint density at radius 1 is 1.23 bits per heavy atom. The molecule has 1 amide bonds. The molecule has 1 fully saturated rings. The minimum Gasteiger partial charge on any atom is -0.339 e. The fourth-order valence-corrected chi connectivity index (χ4v) is 3.35. The van der Waals surface area contributed by atoms with Gasteiger partial charge < -0.3 is 9.42 Å². The van der Waals surface area contributed by atoms with Crippen LogP contribution in [-0.4, -0.2) is 43.8 Å². The van der Waals surface area contributed by atoms with Crippen molar-refractivity contribution in [1.82, 2.24) is 24.8 Å². The molecule has 134 valence electrons. The molecule has 0 bridgehead atoms. The summed E-state index contributed by atoms with van der Waals surface area (Å²) in [6.07, 6.45) is 5.81. The maximum absolute atomic E-state index is 12.7. The van der Waals surface area contributed by atoms with Crippen LogP contribution in [0.3, 0.4) is 0 Å². The van der Waals surface area contributed by atoms with Gasteiger partial charge in [0.2, 0.25) is 11.7 Å². The Balaban J connectivity index is 1.36. The topological polar surface area (TPSA) is 77.1 Å². The Hall–Kier alpha value is -2.96. The fraction of sp³-hybridized carbons (Fsp3) is 0.368. The molecule has 7 nitrogen and oxygen atoms in total. The van der Waals surface area contributed by atoms with Crippen molar-refractivity contribution >= 4 is 5.91 Å². The molecule has 0 atom stereocenters. The van der Waals surface area contributed by atoms with Crippen molar-refractivity contribution < 1.29 is 9.32 Å². The lowest BCUT2D eigenvalue weighted by Crippen LogP contribution is -2.39. The summed E-state index contributed by atoms with van der Waals surface area (Å²) in [5, 5.41) is 8.17. The molecule has 0 saturated carbocycles. The molecule has 0 spiro atoms. The Kier molecular flexibility index (Phi) is 4.51. The van der Waals surface area contributed by atoms with E-state index in [1.807, 2.05) is 46.1 Å². The molecular weight excluding hydrogens is 330 g/mol. The van der Waals surface area contributed by atoms with E-state index >= 15 is 0 Å². The number of aromatic nitrogens is 4. The van der Waals surface area contributed by atoms with Gasteiger partial charge in [-0.1, -0.05) is 17.3 Å². The lowest BCUT2D eigenvalue weighted by atomic mass is 9.96. The number of piperidine rings is 1. The van der Waals surface area contributed by atoms with Crippen LogP contribution >= 0.6 is 0 Å². The van der Waals surface area contributed by atoms with Crippen molar-refractivity contribution in [3.63, 3.8) is 0 Å². The summed E-state index contributed by atoms with van der Waals surface area (Å²) in [5.74, 6) is 1.72. The third-order valence-corrected chi connectivity index (χ3v) is 4.82. The Bertz CT molecular complexity index is 862. The summed E-state index contributed by atoms with van der Waals surface area (Å²) in [4.78, 5) is 18.9. The van der Waals surface area contributed by atoms with Crippen molar-refractivity contribution in [3.05, 3.63) is 54.2 Å². The van der Waals surface area contributed by atoms with E-state index < -0.39 is 0 Å². The van der Waals surface area contributed by atoms with Crippen molar-refractivity contribution in [1.29, 1.82) is 0 Å². The Morgan fingerprint density at radius 2 is 2.00 bits per heavy atom. The summed E-state index contributed by atoms with van der Waals surface area (Å²) >= 11 is 0. The number of nitrogens with zero attached hydrogens (tertiary/aromatic N) is 5. The first kappa shape index (κ1) is 16.5. The second-order valence-corrected chi connectivity index (χ2v) is 6.68. The van der Waals surface area contributed by atoms with Gasteiger partial charge in [0.25, 0.3) is 5.91 Å². The van der Waals surface area contributed by atoms with Crippen LogP contribution in [0.2, 0.25) is 0 Å². The van der Waals surface area contributed by atoms with Crippen LogP contribution in [0.15, 0.2) is 47.2 Å². The zero-order chi connectivity index (χ0) is 17.9. The van der Waals surface area contributed by atoms with Crippen molar-refractivity contribution in [2.45, 2.75) is 26.3 Å². The molecule has 0 N–H and O–H groups in total. The third-order valence-electron chi connectivity index (χ3n) is 4.82. The number of hydrogen-bond donors (Lipinski definition) is 0. The molecule has 4 rings (SSSR count). The summed E-state index contributed by atoms with van der Waals surface area (Å²) in [6.45, 7) is 4.26. The highest BCUT2D eigenvalue weighted by molar-refractivity contribution is 5.94. The Morgan fingerprint density at radius 3 is 2.62 bits per heavy atom. The van der Waals surface area contributed by atoms with E-state index in [-0.39, 0.29) is 5.91 Å². The van der Waals surface area contributed by atoms with Gasteiger partial charge in [-0.25, -0.2) is 0 Å². The highest BCUT2D eigenvalue weighted by atomic mass is 16.5. The summed E-state index contributed by atoms with van der Waals surface area (Å²) in [7, 11) is 0. The molecule has 0 aliphatic carbocycles. The van der Waals surface area contributed by atoms with Gasteiger partial charge in [0, 0.05) is 50.1 Å². The van der Waals surface area contributed by atoms with Gasteiger partial charge in [-0.2, -0.15) is 10.1 Å². The quantitative estimate of drug-likeness (QED) is 0.722. The van der Waals surface area contributed by atoms with Gasteiger partial charge in [0.05, 0.1) is 0 Å². The van der Waals surface area contributed by atoms with Gasteiger partial charge in [-0.15, -0.1) is 0 Å². The van der Waals surface area contributed by atoms with Crippen LogP contribution in [0, 0.1) is 12.8 Å². The molecule has 2 aromatic heterocycles. The lowest BCUT2D eigenvalue weighted by molar-refractivity contribution is 0.0681. The standard InChI is InChI=1S/C19H21N5O2/c1-14-21-18(22-26-14)16-3-5-17(6-4-16)19(25)23-11-7-15(8-12-23)13-24-10-2-9-20-24/h2-6,9-10,15H,7-8,11-13H2,1H3. The van der Waals surface area contributed by atoms with E-state index in [0.717, 1.165) is 38.0 Å². The number of carbonyl (C=O) groups excluding carboxylic acids is 1. The average molecular weight is 351 g/mol. The SMILES string of the molecule is Cc1nc(-c2ccc(C(=O)N3CCC(Cn4cccn4)CC3)cc2)no1. The minimum atomic E-state index is 0.0818. The van der Waals surface area contributed by atoms with E-state index in [1.165, 1.54) is 0 Å². The first-order valence-corrected chi connectivity index (χ1v) is 8.86. The van der Waals surface area contributed by atoms with Crippen LogP contribution < -0.4 is 0 Å². The highest BCUT2D eigenvalue weighted by Gasteiger charge is 2.24. The van der Waals surface area contributed by atoms with Crippen molar-refractivity contribution in [2.75, 3.05) is 13.1 Å². The zero-order valence-electron chi connectivity index (χ0n) is 14.7. The zero-order valence-corrected chi connectivity index (χ0v) is 14.7. The molecule has 1 aliphatic heterocycles. The monoisotopic (exact) mass is 351 g/mol. The largest absolute Gasteiger partial charge is 0.339 e. The summed E-state index contributed by atoms with van der Waals surface area (Å²) < 4.78 is 6.97. The second-order valence-electron chi connectivity index (χ2n) is 6.68. The number of aryl methyl sites for hydroxylation is 1. The van der Waals surface area contributed by atoms with Crippen molar-refractivity contribution in [2.24, 2.45) is 5.92 Å². The molecule has 1 aromatic carbocycles. The van der Waals surface area contributed by atoms with Gasteiger partial charge in [0.15, 0.2) is 0 Å². The number of carbonyl (C=O) groups is 1. The molecule has 7 heteroatoms. The van der Waals surface area contributed by atoms with Crippen LogP contribution in [0.25, 0.3) is 11.4 Å². The van der Waals surface area contributed by atoms with Gasteiger partial charge in [0.1, 0.15) is 0 Å². The van der Waals surface area contributed by atoms with Crippen LogP contribution in [0.5, 0.6) is 0 Å². The van der Waals surface area contributed by atoms with Crippen LogP contribution in [-0.2, 0) is 6.54 Å². The molecule has 1 aliphatic rings. The second kappa shape index (κ2) is 7.11. The first-order valence-electron chi connectivity index (χ1n) is 8.86. The molecule has 26 heavy (non-hydrogen) atoms. The first-order chi connectivity index (χ1) is 12.7. The molecule has 0 radical (unpaired) electrons. The predicted octanol–water partition coefficient (Wildman–Crippen LogP) is 2.79. The van der Waals surface area contributed by atoms with Crippen molar-refractivity contribution in [3.8, 4) is 11.4 Å². The van der Waals surface area contributed by atoms with Crippen LogP contribution in [0.1, 0.15) is 29.1 Å². The highest BCUT2D eigenvalue weighted by Crippen LogP contribution is 2.22. The third kappa shape index (κ3) is 3.51. The number of rotatable bonds is 4. The van der Waals surface area contributed by atoms with Gasteiger partial charge >= 0.3 is 0 Å². The smallest absolute Gasteiger partial charge is 0.253 e. The molecule has 3 heterocycles. The molecule has 0 unspecified atom stereocenters. The van der Waals surface area contributed by atoms with E-state index in [2.05, 4.69) is 15.2 Å². The lowest BCUT2D eigenvalue weighted by Gasteiger charge is -2.32. The van der Waals surface area contributed by atoms with E-state index in [0.29, 0.717) is 23.2 Å². The predicted molar refractivity (Wildman–Crippen MR) is 95.3 cm³/mol. The Labute approximate surface area is 151 Å². The maximum Gasteiger partial charge on any atom is 0.253 e. The number of likely N-dealkylation sites (tertiary alicyclic amines) is 1. The number of amides is 1.